The molecule has 1 unspecified atom stereocenters. The highest BCUT2D eigenvalue weighted by atomic mass is 16.5. The van der Waals surface area contributed by atoms with Gasteiger partial charge >= 0.3 is 0 Å². The van der Waals surface area contributed by atoms with Crippen LogP contribution in [-0.2, 0) is 13.0 Å². The van der Waals surface area contributed by atoms with E-state index in [0.717, 1.165) is 36.4 Å². The first-order valence-electron chi connectivity index (χ1n) is 7.37. The molecule has 0 saturated carbocycles. The standard InChI is InChI=1S/C18H21NO2/c1-13(20)15-7-8-18(21-2)16(11-15)12-19-10-9-14-5-3-4-6-17(14)19/h3-8,11,13,20H,9-10,12H2,1-2H3. The fourth-order valence-electron chi connectivity index (χ4n) is 2.96. The van der Waals surface area contributed by atoms with Gasteiger partial charge in [0, 0.05) is 24.3 Å². The van der Waals surface area contributed by atoms with Crippen molar-refractivity contribution in [2.45, 2.75) is 26.0 Å². The van der Waals surface area contributed by atoms with Crippen LogP contribution in [0.3, 0.4) is 0 Å². The topological polar surface area (TPSA) is 32.7 Å². The van der Waals surface area contributed by atoms with Crippen LogP contribution in [0.1, 0.15) is 29.7 Å². The summed E-state index contributed by atoms with van der Waals surface area (Å²) < 4.78 is 5.47. The molecule has 1 aliphatic rings. The van der Waals surface area contributed by atoms with E-state index in [9.17, 15) is 5.11 Å². The Morgan fingerprint density at radius 2 is 2.05 bits per heavy atom. The molecule has 0 aromatic heterocycles. The molecule has 1 N–H and O–H groups in total. The maximum Gasteiger partial charge on any atom is 0.123 e. The second-order valence-electron chi connectivity index (χ2n) is 5.55. The van der Waals surface area contributed by atoms with E-state index in [4.69, 9.17) is 4.74 Å². The second kappa shape index (κ2) is 5.78. The summed E-state index contributed by atoms with van der Waals surface area (Å²) in [5.41, 5.74) is 4.76. The van der Waals surface area contributed by atoms with E-state index in [-0.39, 0.29) is 0 Å². The predicted molar refractivity (Wildman–Crippen MR) is 84.8 cm³/mol. The number of aliphatic hydroxyl groups is 1. The Labute approximate surface area is 125 Å². The molecule has 0 radical (unpaired) electrons. The molecule has 0 bridgehead atoms. The monoisotopic (exact) mass is 283 g/mol. The third-order valence-corrected chi connectivity index (χ3v) is 4.13. The van der Waals surface area contributed by atoms with E-state index in [1.807, 2.05) is 18.2 Å². The summed E-state index contributed by atoms with van der Waals surface area (Å²) in [6.45, 7) is 3.62. The normalized spacial score (nSPS) is 14.9. The van der Waals surface area contributed by atoms with Crippen LogP contribution < -0.4 is 9.64 Å². The van der Waals surface area contributed by atoms with Gasteiger partial charge in [-0.15, -0.1) is 0 Å². The molecule has 1 atom stereocenters. The van der Waals surface area contributed by atoms with Gasteiger partial charge in [-0.05, 0) is 42.7 Å². The zero-order valence-electron chi connectivity index (χ0n) is 12.5. The number of rotatable bonds is 4. The first kappa shape index (κ1) is 14.0. The molecule has 110 valence electrons. The molecule has 3 nitrogen and oxygen atoms in total. The smallest absolute Gasteiger partial charge is 0.123 e. The van der Waals surface area contributed by atoms with Gasteiger partial charge in [-0.3, -0.25) is 0 Å². The van der Waals surface area contributed by atoms with Crippen molar-refractivity contribution in [2.75, 3.05) is 18.6 Å². The number of anilines is 1. The molecule has 2 aromatic carbocycles. The summed E-state index contributed by atoms with van der Waals surface area (Å²) in [6.07, 6.45) is 0.634. The highest BCUT2D eigenvalue weighted by molar-refractivity contribution is 5.58. The Kier molecular flexibility index (Phi) is 3.84. The fraction of sp³-hybridized carbons (Fsp3) is 0.333. The van der Waals surface area contributed by atoms with Crippen LogP contribution in [0.5, 0.6) is 5.75 Å². The SMILES string of the molecule is COc1ccc(C(C)O)cc1CN1CCc2ccccc21. The van der Waals surface area contributed by atoms with E-state index in [1.165, 1.54) is 11.3 Å². The van der Waals surface area contributed by atoms with E-state index < -0.39 is 6.10 Å². The van der Waals surface area contributed by atoms with Gasteiger partial charge in [-0.1, -0.05) is 24.3 Å². The van der Waals surface area contributed by atoms with E-state index in [1.54, 1.807) is 14.0 Å². The van der Waals surface area contributed by atoms with Crippen LogP contribution in [0.2, 0.25) is 0 Å². The molecule has 0 amide bonds. The molecule has 0 aliphatic carbocycles. The third kappa shape index (κ3) is 2.74. The Balaban J connectivity index is 1.90. The first-order valence-corrected chi connectivity index (χ1v) is 7.37. The lowest BCUT2D eigenvalue weighted by molar-refractivity contribution is 0.199. The molecule has 21 heavy (non-hydrogen) atoms. The Hall–Kier alpha value is -2.00. The Bertz CT molecular complexity index is 637. The highest BCUT2D eigenvalue weighted by Crippen LogP contribution is 2.31. The second-order valence-corrected chi connectivity index (χ2v) is 5.55. The molecule has 1 heterocycles. The molecule has 0 saturated heterocycles. The summed E-state index contributed by atoms with van der Waals surface area (Å²) in [5.74, 6) is 0.879. The molecule has 3 rings (SSSR count). The maximum atomic E-state index is 9.78. The average Bonchev–Trinajstić information content (AvgIpc) is 2.90. The number of nitrogens with zero attached hydrogens (tertiary/aromatic N) is 1. The minimum absolute atomic E-state index is 0.458. The third-order valence-electron chi connectivity index (χ3n) is 4.13. The van der Waals surface area contributed by atoms with Gasteiger partial charge in [-0.2, -0.15) is 0 Å². The van der Waals surface area contributed by atoms with Gasteiger partial charge < -0.3 is 14.7 Å². The number of benzene rings is 2. The summed E-state index contributed by atoms with van der Waals surface area (Å²) in [7, 11) is 1.69. The van der Waals surface area contributed by atoms with Crippen molar-refractivity contribution >= 4 is 5.69 Å². The largest absolute Gasteiger partial charge is 0.496 e. The van der Waals surface area contributed by atoms with Crippen LogP contribution in [0.15, 0.2) is 42.5 Å². The summed E-state index contributed by atoms with van der Waals surface area (Å²) in [5, 5.41) is 9.78. The van der Waals surface area contributed by atoms with E-state index in [2.05, 4.69) is 29.2 Å². The van der Waals surface area contributed by atoms with Gasteiger partial charge in [0.25, 0.3) is 0 Å². The Morgan fingerprint density at radius 1 is 1.24 bits per heavy atom. The Morgan fingerprint density at radius 3 is 2.81 bits per heavy atom. The molecule has 1 aliphatic heterocycles. The molecule has 0 fully saturated rings. The number of aliphatic hydroxyl groups excluding tert-OH is 1. The lowest BCUT2D eigenvalue weighted by Gasteiger charge is -2.21. The number of hydrogen-bond acceptors (Lipinski definition) is 3. The summed E-state index contributed by atoms with van der Waals surface area (Å²) >= 11 is 0. The van der Waals surface area contributed by atoms with Crippen molar-refractivity contribution in [3.05, 3.63) is 59.2 Å². The van der Waals surface area contributed by atoms with Crippen molar-refractivity contribution in [1.82, 2.24) is 0 Å². The number of ether oxygens (including phenoxy) is 1. The quantitative estimate of drug-likeness (QED) is 0.934. The number of para-hydroxylation sites is 1. The highest BCUT2D eigenvalue weighted by Gasteiger charge is 2.20. The van der Waals surface area contributed by atoms with Gasteiger partial charge in [0.2, 0.25) is 0 Å². The molecule has 2 aromatic rings. The molecule has 0 spiro atoms. The summed E-state index contributed by atoms with van der Waals surface area (Å²) in [6, 6.07) is 14.5. The zero-order chi connectivity index (χ0) is 14.8. The van der Waals surface area contributed by atoms with Crippen molar-refractivity contribution in [3.8, 4) is 5.75 Å². The van der Waals surface area contributed by atoms with Crippen LogP contribution in [0, 0.1) is 0 Å². The van der Waals surface area contributed by atoms with Gasteiger partial charge in [0.15, 0.2) is 0 Å². The van der Waals surface area contributed by atoms with Crippen LogP contribution in [0.25, 0.3) is 0 Å². The van der Waals surface area contributed by atoms with E-state index >= 15 is 0 Å². The van der Waals surface area contributed by atoms with Gasteiger partial charge in [0.1, 0.15) is 5.75 Å². The molecular formula is C18H21NO2. The minimum atomic E-state index is -0.458. The fourth-order valence-corrected chi connectivity index (χ4v) is 2.96. The number of methoxy groups -OCH3 is 1. The maximum absolute atomic E-state index is 9.78. The van der Waals surface area contributed by atoms with Crippen LogP contribution in [0.4, 0.5) is 5.69 Å². The minimum Gasteiger partial charge on any atom is -0.496 e. The van der Waals surface area contributed by atoms with Crippen molar-refractivity contribution < 1.29 is 9.84 Å². The van der Waals surface area contributed by atoms with E-state index in [0.29, 0.717) is 0 Å². The van der Waals surface area contributed by atoms with Crippen molar-refractivity contribution in [3.63, 3.8) is 0 Å². The predicted octanol–water partition coefficient (Wildman–Crippen LogP) is 3.31. The number of fused-ring (bicyclic) bond motifs is 1. The van der Waals surface area contributed by atoms with Crippen LogP contribution >= 0.6 is 0 Å². The molecular weight excluding hydrogens is 262 g/mol. The summed E-state index contributed by atoms with van der Waals surface area (Å²) in [4.78, 5) is 2.37. The first-order chi connectivity index (χ1) is 10.2. The number of hydrogen-bond donors (Lipinski definition) is 1. The van der Waals surface area contributed by atoms with Crippen molar-refractivity contribution in [1.29, 1.82) is 0 Å². The van der Waals surface area contributed by atoms with Gasteiger partial charge in [-0.25, -0.2) is 0 Å². The lowest BCUT2D eigenvalue weighted by Crippen LogP contribution is -2.20. The van der Waals surface area contributed by atoms with Gasteiger partial charge in [0.05, 0.1) is 13.2 Å². The van der Waals surface area contributed by atoms with Crippen LogP contribution in [-0.4, -0.2) is 18.8 Å². The average molecular weight is 283 g/mol. The molecule has 3 heteroatoms. The lowest BCUT2D eigenvalue weighted by atomic mass is 10.1. The zero-order valence-corrected chi connectivity index (χ0v) is 12.5. The van der Waals surface area contributed by atoms with Crippen molar-refractivity contribution in [2.24, 2.45) is 0 Å².